The van der Waals surface area contributed by atoms with Gasteiger partial charge in [-0.25, -0.2) is 0 Å². The summed E-state index contributed by atoms with van der Waals surface area (Å²) in [5.41, 5.74) is 3.53. The molecule has 0 aromatic heterocycles. The molecule has 1 aliphatic rings. The number of nitrogens with one attached hydrogen (secondary N) is 1. The minimum Gasteiger partial charge on any atom is -0.508 e. The summed E-state index contributed by atoms with van der Waals surface area (Å²) in [4.78, 5) is 0. The lowest BCUT2D eigenvalue weighted by Crippen LogP contribution is -2.27. The normalized spacial score (nSPS) is 18.8. The molecule has 2 aromatic rings. The number of aryl methyl sites for hydroxylation is 1. The van der Waals surface area contributed by atoms with Crippen LogP contribution in [0.3, 0.4) is 0 Å². The first-order chi connectivity index (χ1) is 9.78. The van der Waals surface area contributed by atoms with Crippen LogP contribution in [0, 0.1) is 0 Å². The molecule has 0 radical (unpaired) electrons. The zero-order chi connectivity index (χ0) is 13.9. The number of rotatable bonds is 4. The molecule has 0 amide bonds. The van der Waals surface area contributed by atoms with E-state index < -0.39 is 0 Å². The largest absolute Gasteiger partial charge is 0.508 e. The molecule has 0 saturated carbocycles. The third-order valence-electron chi connectivity index (χ3n) is 3.99. The zero-order valence-electron chi connectivity index (χ0n) is 11.3. The molecular weight excluding hydrogens is 250 g/mol. The predicted molar refractivity (Wildman–Crippen MR) is 78.6 cm³/mol. The number of benzene rings is 2. The Hall–Kier alpha value is -1.84. The van der Waals surface area contributed by atoms with Crippen molar-refractivity contribution < 1.29 is 10.2 Å². The van der Waals surface area contributed by atoms with Gasteiger partial charge in [-0.1, -0.05) is 36.4 Å². The monoisotopic (exact) mass is 269 g/mol. The minimum absolute atomic E-state index is 0.0547. The van der Waals surface area contributed by atoms with E-state index in [1.807, 2.05) is 42.5 Å². The van der Waals surface area contributed by atoms with Crippen LogP contribution in [0.25, 0.3) is 0 Å². The van der Waals surface area contributed by atoms with Gasteiger partial charge >= 0.3 is 0 Å². The van der Waals surface area contributed by atoms with Gasteiger partial charge < -0.3 is 15.5 Å². The van der Waals surface area contributed by atoms with Gasteiger partial charge in [0, 0.05) is 6.04 Å². The first-order valence-electron chi connectivity index (χ1n) is 7.01. The molecule has 3 heteroatoms. The average Bonchev–Trinajstić information content (AvgIpc) is 2.87. The van der Waals surface area contributed by atoms with Crippen LogP contribution in [0.15, 0.2) is 48.5 Å². The Morgan fingerprint density at radius 1 is 1.15 bits per heavy atom. The van der Waals surface area contributed by atoms with Gasteiger partial charge in [0.2, 0.25) is 0 Å². The predicted octanol–water partition coefficient (Wildman–Crippen LogP) is 2.70. The maximum absolute atomic E-state index is 9.63. The van der Waals surface area contributed by atoms with E-state index in [2.05, 4.69) is 5.32 Å². The lowest BCUT2D eigenvalue weighted by molar-refractivity contribution is 0.233. The van der Waals surface area contributed by atoms with Crippen LogP contribution in [0.1, 0.15) is 35.2 Å². The van der Waals surface area contributed by atoms with Gasteiger partial charge in [-0.15, -0.1) is 0 Å². The Bertz CT molecular complexity index is 583. The standard InChI is InChI=1S/C17H19NO2/c19-11-17(12-4-2-1-3-5-12)18-16-9-6-13-10-14(20)7-8-15(13)16/h1-5,7-8,10,16-20H,6,9,11H2/t16?,17-/m0/s1. The first-order valence-corrected chi connectivity index (χ1v) is 7.01. The van der Waals surface area contributed by atoms with Gasteiger partial charge in [-0.05, 0) is 41.7 Å². The molecule has 0 spiro atoms. The van der Waals surface area contributed by atoms with E-state index in [-0.39, 0.29) is 18.7 Å². The topological polar surface area (TPSA) is 52.5 Å². The van der Waals surface area contributed by atoms with Gasteiger partial charge in [0.15, 0.2) is 0 Å². The molecule has 2 atom stereocenters. The third kappa shape index (κ3) is 2.55. The SMILES string of the molecule is OC[C@H](NC1CCc2cc(O)ccc21)c1ccccc1. The summed E-state index contributed by atoms with van der Waals surface area (Å²) in [5, 5.41) is 22.7. The van der Waals surface area contributed by atoms with Gasteiger partial charge in [0.1, 0.15) is 5.75 Å². The van der Waals surface area contributed by atoms with Crippen molar-refractivity contribution in [2.24, 2.45) is 0 Å². The third-order valence-corrected chi connectivity index (χ3v) is 3.99. The highest BCUT2D eigenvalue weighted by Crippen LogP contribution is 2.34. The number of hydrogen-bond acceptors (Lipinski definition) is 3. The fourth-order valence-electron chi connectivity index (χ4n) is 2.96. The van der Waals surface area contributed by atoms with Gasteiger partial charge in [0.05, 0.1) is 12.6 Å². The summed E-state index contributed by atoms with van der Waals surface area (Å²) in [5.74, 6) is 0.325. The Balaban J connectivity index is 1.79. The molecule has 1 unspecified atom stereocenters. The second-order valence-electron chi connectivity index (χ2n) is 5.29. The van der Waals surface area contributed by atoms with Gasteiger partial charge in [0.25, 0.3) is 0 Å². The molecule has 0 aliphatic heterocycles. The maximum atomic E-state index is 9.63. The summed E-state index contributed by atoms with van der Waals surface area (Å²) in [6.45, 7) is 0.0773. The summed E-state index contributed by atoms with van der Waals surface area (Å²) in [6, 6.07) is 15.7. The Labute approximate surface area is 118 Å². The van der Waals surface area contributed by atoms with Crippen LogP contribution >= 0.6 is 0 Å². The molecule has 0 saturated heterocycles. The lowest BCUT2D eigenvalue weighted by Gasteiger charge is -2.22. The smallest absolute Gasteiger partial charge is 0.115 e. The van der Waals surface area contributed by atoms with E-state index in [0.29, 0.717) is 5.75 Å². The molecule has 20 heavy (non-hydrogen) atoms. The molecule has 0 fully saturated rings. The van der Waals surface area contributed by atoms with Crippen molar-refractivity contribution in [1.82, 2.24) is 5.32 Å². The van der Waals surface area contributed by atoms with Gasteiger partial charge in [-0.3, -0.25) is 0 Å². The number of aliphatic hydroxyl groups excluding tert-OH is 1. The summed E-state index contributed by atoms with van der Waals surface area (Å²) < 4.78 is 0. The zero-order valence-corrected chi connectivity index (χ0v) is 11.3. The molecule has 104 valence electrons. The number of fused-ring (bicyclic) bond motifs is 1. The summed E-state index contributed by atoms with van der Waals surface area (Å²) in [6.07, 6.45) is 1.97. The minimum atomic E-state index is -0.0547. The molecule has 2 aromatic carbocycles. The summed E-state index contributed by atoms with van der Waals surface area (Å²) >= 11 is 0. The quantitative estimate of drug-likeness (QED) is 0.800. The molecular formula is C17H19NO2. The van der Waals surface area contributed by atoms with Crippen molar-refractivity contribution in [2.75, 3.05) is 6.61 Å². The number of aromatic hydroxyl groups is 1. The molecule has 3 rings (SSSR count). The fourth-order valence-corrected chi connectivity index (χ4v) is 2.96. The molecule has 3 nitrogen and oxygen atoms in total. The second-order valence-corrected chi connectivity index (χ2v) is 5.29. The van der Waals surface area contributed by atoms with Crippen LogP contribution in [0.5, 0.6) is 5.75 Å². The Kier molecular flexibility index (Phi) is 3.72. The maximum Gasteiger partial charge on any atom is 0.115 e. The van der Waals surface area contributed by atoms with E-state index in [4.69, 9.17) is 0 Å². The molecule has 0 bridgehead atoms. The van der Waals surface area contributed by atoms with E-state index in [0.717, 1.165) is 18.4 Å². The highest BCUT2D eigenvalue weighted by atomic mass is 16.3. The van der Waals surface area contributed by atoms with Crippen molar-refractivity contribution in [3.05, 3.63) is 65.2 Å². The Morgan fingerprint density at radius 3 is 2.70 bits per heavy atom. The van der Waals surface area contributed by atoms with E-state index in [9.17, 15) is 10.2 Å². The van der Waals surface area contributed by atoms with Gasteiger partial charge in [-0.2, -0.15) is 0 Å². The van der Waals surface area contributed by atoms with Crippen molar-refractivity contribution in [3.8, 4) is 5.75 Å². The van der Waals surface area contributed by atoms with Crippen LogP contribution in [0.4, 0.5) is 0 Å². The lowest BCUT2D eigenvalue weighted by atomic mass is 10.0. The van der Waals surface area contributed by atoms with E-state index in [1.165, 1.54) is 11.1 Å². The molecule has 1 aliphatic carbocycles. The van der Waals surface area contributed by atoms with Crippen molar-refractivity contribution in [1.29, 1.82) is 0 Å². The van der Waals surface area contributed by atoms with Crippen molar-refractivity contribution in [3.63, 3.8) is 0 Å². The van der Waals surface area contributed by atoms with Crippen LogP contribution in [0.2, 0.25) is 0 Å². The van der Waals surface area contributed by atoms with Crippen molar-refractivity contribution >= 4 is 0 Å². The molecule has 0 heterocycles. The Morgan fingerprint density at radius 2 is 1.95 bits per heavy atom. The highest BCUT2D eigenvalue weighted by Gasteiger charge is 2.25. The molecule has 3 N–H and O–H groups in total. The summed E-state index contributed by atoms with van der Waals surface area (Å²) in [7, 11) is 0. The highest BCUT2D eigenvalue weighted by molar-refractivity contribution is 5.40. The number of phenols is 1. The van der Waals surface area contributed by atoms with Crippen molar-refractivity contribution in [2.45, 2.75) is 24.9 Å². The number of aliphatic hydroxyl groups is 1. The van der Waals surface area contributed by atoms with Crippen LogP contribution in [-0.2, 0) is 6.42 Å². The number of hydrogen-bond donors (Lipinski definition) is 3. The fraction of sp³-hybridized carbons (Fsp3) is 0.294. The number of phenolic OH excluding ortho intramolecular Hbond substituents is 1. The van der Waals surface area contributed by atoms with E-state index >= 15 is 0 Å². The van der Waals surface area contributed by atoms with Crippen LogP contribution in [-0.4, -0.2) is 16.8 Å². The average molecular weight is 269 g/mol. The van der Waals surface area contributed by atoms with E-state index in [1.54, 1.807) is 6.07 Å². The van der Waals surface area contributed by atoms with Crippen LogP contribution < -0.4 is 5.32 Å². The first kappa shape index (κ1) is 13.2. The second kappa shape index (κ2) is 5.65.